The van der Waals surface area contributed by atoms with Gasteiger partial charge in [0.2, 0.25) is 0 Å². The highest BCUT2D eigenvalue weighted by Gasteiger charge is 2.34. The molecule has 0 amide bonds. The van der Waals surface area contributed by atoms with Crippen LogP contribution in [0.15, 0.2) is 29.2 Å². The number of pyridine rings is 1. The van der Waals surface area contributed by atoms with E-state index in [0.29, 0.717) is 30.0 Å². The number of methoxy groups -OCH3 is 1. The summed E-state index contributed by atoms with van der Waals surface area (Å²) >= 11 is 0. The van der Waals surface area contributed by atoms with Crippen molar-refractivity contribution in [2.75, 3.05) is 20.3 Å². The minimum absolute atomic E-state index is 0.00844. The molecule has 2 heterocycles. The summed E-state index contributed by atoms with van der Waals surface area (Å²) in [6.45, 7) is 10.0. The van der Waals surface area contributed by atoms with E-state index >= 15 is 0 Å². The second kappa shape index (κ2) is 9.35. The van der Waals surface area contributed by atoms with E-state index in [4.69, 9.17) is 14.2 Å². The number of ether oxygens (including phenoxy) is 3. The molecule has 2 atom stereocenters. The lowest BCUT2D eigenvalue weighted by molar-refractivity contribution is 0.0523. The van der Waals surface area contributed by atoms with Gasteiger partial charge in [-0.25, -0.2) is 9.18 Å². The lowest BCUT2D eigenvalue weighted by atomic mass is 9.78. The number of hydrogen-bond acceptors (Lipinski definition) is 5. The average Bonchev–Trinajstić information content (AvgIpc) is 2.71. The lowest BCUT2D eigenvalue weighted by Crippen LogP contribution is -2.33. The zero-order chi connectivity index (χ0) is 23.6. The van der Waals surface area contributed by atoms with Gasteiger partial charge in [-0.05, 0) is 43.4 Å². The van der Waals surface area contributed by atoms with E-state index in [2.05, 4.69) is 20.8 Å². The fourth-order valence-corrected chi connectivity index (χ4v) is 4.03. The fourth-order valence-electron chi connectivity index (χ4n) is 4.03. The Hall–Kier alpha value is -2.83. The van der Waals surface area contributed by atoms with Crippen LogP contribution in [-0.2, 0) is 11.2 Å². The maximum Gasteiger partial charge on any atom is 0.343 e. The maximum atomic E-state index is 13.2. The van der Waals surface area contributed by atoms with Crippen molar-refractivity contribution >= 4 is 5.97 Å². The summed E-state index contributed by atoms with van der Waals surface area (Å²) in [4.78, 5) is 25.1. The van der Waals surface area contributed by atoms with Crippen molar-refractivity contribution < 1.29 is 23.4 Å². The molecule has 1 aliphatic heterocycles. The van der Waals surface area contributed by atoms with Crippen LogP contribution >= 0.6 is 0 Å². The smallest absolute Gasteiger partial charge is 0.343 e. The molecule has 2 aromatic rings. The van der Waals surface area contributed by atoms with Crippen LogP contribution in [0.4, 0.5) is 4.39 Å². The monoisotopic (exact) mass is 445 g/mol. The summed E-state index contributed by atoms with van der Waals surface area (Å²) in [6.07, 6.45) is 1.64. The summed E-state index contributed by atoms with van der Waals surface area (Å²) in [6, 6.07) is 5.25. The molecule has 1 aromatic heterocycles. The van der Waals surface area contributed by atoms with E-state index in [-0.39, 0.29) is 35.7 Å². The Balaban J connectivity index is 2.15. The van der Waals surface area contributed by atoms with Gasteiger partial charge in [0.15, 0.2) is 16.9 Å². The number of fused-ring (bicyclic) bond motifs is 3. The molecule has 0 N–H and O–H groups in total. The number of carbonyl (C=O) groups is 1. The molecule has 0 saturated heterocycles. The molecule has 174 valence electrons. The summed E-state index contributed by atoms with van der Waals surface area (Å²) in [7, 11) is 1.55. The highest BCUT2D eigenvalue weighted by Crippen LogP contribution is 2.45. The van der Waals surface area contributed by atoms with Gasteiger partial charge in [0, 0.05) is 30.3 Å². The molecular weight excluding hydrogens is 413 g/mol. The lowest BCUT2D eigenvalue weighted by Gasteiger charge is -2.39. The van der Waals surface area contributed by atoms with E-state index in [1.54, 1.807) is 20.2 Å². The molecule has 0 saturated carbocycles. The molecule has 0 bridgehead atoms. The third-order valence-corrected chi connectivity index (χ3v) is 5.76. The first-order chi connectivity index (χ1) is 15.1. The van der Waals surface area contributed by atoms with Crippen molar-refractivity contribution in [1.82, 2.24) is 4.57 Å². The van der Waals surface area contributed by atoms with Gasteiger partial charge in [-0.2, -0.15) is 0 Å². The van der Waals surface area contributed by atoms with Crippen LogP contribution in [0.3, 0.4) is 0 Å². The highest BCUT2D eigenvalue weighted by atomic mass is 19.1. The second-order valence-corrected chi connectivity index (χ2v) is 9.23. The van der Waals surface area contributed by atoms with Crippen LogP contribution in [0.25, 0.3) is 11.3 Å². The third kappa shape index (κ3) is 4.81. The zero-order valence-electron chi connectivity index (χ0n) is 19.7. The number of alkyl halides is 1. The second-order valence-electron chi connectivity index (χ2n) is 9.23. The number of benzene rings is 1. The molecule has 2 unspecified atom stereocenters. The molecule has 3 rings (SSSR count). The van der Waals surface area contributed by atoms with Crippen molar-refractivity contribution in [1.29, 1.82) is 0 Å². The number of aromatic nitrogens is 1. The van der Waals surface area contributed by atoms with Crippen LogP contribution < -0.4 is 14.9 Å². The minimum atomic E-state index is -0.948. The molecule has 32 heavy (non-hydrogen) atoms. The van der Waals surface area contributed by atoms with Gasteiger partial charge in [-0.3, -0.25) is 4.79 Å². The maximum absolute atomic E-state index is 13.2. The van der Waals surface area contributed by atoms with Gasteiger partial charge in [-0.1, -0.05) is 20.8 Å². The van der Waals surface area contributed by atoms with Crippen LogP contribution in [0.1, 0.15) is 63.0 Å². The first kappa shape index (κ1) is 23.8. The molecule has 7 heteroatoms. The molecule has 6 nitrogen and oxygen atoms in total. The fraction of sp³-hybridized carbons (Fsp3) is 0.520. The van der Waals surface area contributed by atoms with Gasteiger partial charge >= 0.3 is 5.97 Å². The Morgan fingerprint density at radius 2 is 1.97 bits per heavy atom. The van der Waals surface area contributed by atoms with Gasteiger partial charge in [0.05, 0.1) is 26.0 Å². The number of halogens is 1. The quantitative estimate of drug-likeness (QED) is 0.563. The van der Waals surface area contributed by atoms with E-state index in [9.17, 15) is 14.0 Å². The number of hydrogen-bond donors (Lipinski definition) is 0. The minimum Gasteiger partial charge on any atom is -0.493 e. The Bertz CT molecular complexity index is 1050. The SMILES string of the molecule is CCOC(=O)c1cn2c(cc1=O)-c1cc(OC)c(OCCC(C)F)cc1CC2C(C)(C)C. The van der Waals surface area contributed by atoms with Crippen molar-refractivity contribution in [2.24, 2.45) is 5.41 Å². The Kier molecular flexibility index (Phi) is 6.96. The number of esters is 1. The number of rotatable bonds is 7. The summed E-state index contributed by atoms with van der Waals surface area (Å²) < 4.78 is 31.6. The average molecular weight is 446 g/mol. The molecule has 0 fully saturated rings. The molecular formula is C25H32FNO5. The molecule has 0 radical (unpaired) electrons. The standard InChI is InChI=1S/C25H32FNO5/c1-7-31-24(29)18-14-27-19(13-20(18)28)17-12-21(30-6)22(32-9-8-15(2)26)10-16(17)11-23(27)25(3,4)5/h10,12-15,23H,7-9,11H2,1-6H3. The van der Waals surface area contributed by atoms with Gasteiger partial charge in [-0.15, -0.1) is 0 Å². The predicted molar refractivity (Wildman–Crippen MR) is 122 cm³/mol. The third-order valence-electron chi connectivity index (χ3n) is 5.76. The highest BCUT2D eigenvalue weighted by molar-refractivity contribution is 5.89. The summed E-state index contributed by atoms with van der Waals surface area (Å²) in [5.41, 5.74) is 2.06. The van der Waals surface area contributed by atoms with E-state index < -0.39 is 12.1 Å². The summed E-state index contributed by atoms with van der Waals surface area (Å²) in [5.74, 6) is 0.450. The predicted octanol–water partition coefficient (Wildman–Crippen LogP) is 4.97. The molecule has 1 aliphatic rings. The van der Waals surface area contributed by atoms with Crippen LogP contribution in [0.5, 0.6) is 11.5 Å². The Morgan fingerprint density at radius 3 is 2.56 bits per heavy atom. The normalized spacial score (nSPS) is 16.0. The zero-order valence-corrected chi connectivity index (χ0v) is 19.7. The van der Waals surface area contributed by atoms with Gasteiger partial charge in [0.1, 0.15) is 11.7 Å². The molecule has 0 aliphatic carbocycles. The molecule has 0 spiro atoms. The van der Waals surface area contributed by atoms with Gasteiger partial charge < -0.3 is 18.8 Å². The van der Waals surface area contributed by atoms with E-state index in [0.717, 1.165) is 11.1 Å². The van der Waals surface area contributed by atoms with Crippen LogP contribution in [-0.4, -0.2) is 37.0 Å². The number of nitrogens with zero attached hydrogens (tertiary/aromatic N) is 1. The van der Waals surface area contributed by atoms with Crippen molar-refractivity contribution in [3.05, 3.63) is 45.7 Å². The topological polar surface area (TPSA) is 66.8 Å². The summed E-state index contributed by atoms with van der Waals surface area (Å²) in [5, 5.41) is 0. The first-order valence-electron chi connectivity index (χ1n) is 11.0. The Labute approximate surface area is 188 Å². The Morgan fingerprint density at radius 1 is 1.25 bits per heavy atom. The molecule has 1 aromatic carbocycles. The van der Waals surface area contributed by atoms with E-state index in [1.165, 1.54) is 13.0 Å². The van der Waals surface area contributed by atoms with Crippen LogP contribution in [0, 0.1) is 5.41 Å². The van der Waals surface area contributed by atoms with Gasteiger partial charge in [0.25, 0.3) is 0 Å². The van der Waals surface area contributed by atoms with Crippen LogP contribution in [0.2, 0.25) is 0 Å². The van der Waals surface area contributed by atoms with E-state index in [1.807, 2.05) is 16.7 Å². The first-order valence-corrected chi connectivity index (χ1v) is 11.0. The number of carbonyl (C=O) groups excluding carboxylic acids is 1. The van der Waals surface area contributed by atoms with Crippen molar-refractivity contribution in [3.63, 3.8) is 0 Å². The van der Waals surface area contributed by atoms with Crippen molar-refractivity contribution in [3.8, 4) is 22.8 Å². The van der Waals surface area contributed by atoms with Crippen molar-refractivity contribution in [2.45, 2.75) is 59.7 Å². The largest absolute Gasteiger partial charge is 0.493 e.